The minimum Gasteiger partial charge on any atom is -0.330 e. The number of phosphoric ester groups is 1. The van der Waals surface area contributed by atoms with E-state index < -0.39 is 7.82 Å². The SMILES string of the molecule is NCCCCCCCCCCCCCCCCCCCCCCCCCCCCCCCCCCCCOP(=O)(O)O. The van der Waals surface area contributed by atoms with Crippen LogP contribution in [0.4, 0.5) is 0 Å². The number of unbranched alkanes of at least 4 members (excludes halogenated alkanes) is 33. The molecule has 0 radical (unpaired) electrons. The molecular weight excluding hydrogens is 541 g/mol. The summed E-state index contributed by atoms with van der Waals surface area (Å²) >= 11 is 0. The van der Waals surface area contributed by atoms with Crippen LogP contribution in [0, 0.1) is 0 Å². The van der Waals surface area contributed by atoms with Gasteiger partial charge in [0.2, 0.25) is 0 Å². The van der Waals surface area contributed by atoms with E-state index in [9.17, 15) is 4.57 Å². The van der Waals surface area contributed by atoms with Crippen LogP contribution >= 0.6 is 7.82 Å². The Morgan fingerprint density at radius 2 is 0.500 bits per heavy atom. The van der Waals surface area contributed by atoms with Gasteiger partial charge >= 0.3 is 7.82 Å². The van der Waals surface area contributed by atoms with Gasteiger partial charge in [-0.2, -0.15) is 0 Å². The highest BCUT2D eigenvalue weighted by Crippen LogP contribution is 2.35. The zero-order chi connectivity index (χ0) is 30.7. The van der Waals surface area contributed by atoms with Gasteiger partial charge in [0.25, 0.3) is 0 Å². The molecule has 0 spiro atoms. The van der Waals surface area contributed by atoms with Crippen LogP contribution in [0.15, 0.2) is 0 Å². The van der Waals surface area contributed by atoms with Gasteiger partial charge in [-0.3, -0.25) is 4.52 Å². The van der Waals surface area contributed by atoms with Gasteiger partial charge in [-0.05, 0) is 19.4 Å². The first-order valence-electron chi connectivity index (χ1n) is 19.0. The maximum absolute atomic E-state index is 10.6. The van der Waals surface area contributed by atoms with Gasteiger partial charge in [0, 0.05) is 0 Å². The smallest absolute Gasteiger partial charge is 0.330 e. The Hall–Kier alpha value is 0.0700. The van der Waals surface area contributed by atoms with E-state index in [-0.39, 0.29) is 6.61 Å². The van der Waals surface area contributed by atoms with Crippen LogP contribution in [0.3, 0.4) is 0 Å². The first-order chi connectivity index (χ1) is 20.6. The number of nitrogens with two attached hydrogens (primary N) is 1. The van der Waals surface area contributed by atoms with E-state index in [0.29, 0.717) is 0 Å². The summed E-state index contributed by atoms with van der Waals surface area (Å²) in [5.74, 6) is 0. The van der Waals surface area contributed by atoms with E-state index in [1.165, 1.54) is 199 Å². The molecule has 5 nitrogen and oxygen atoms in total. The van der Waals surface area contributed by atoms with Gasteiger partial charge in [-0.25, -0.2) is 4.57 Å². The molecule has 0 saturated heterocycles. The van der Waals surface area contributed by atoms with Crippen molar-refractivity contribution in [3.8, 4) is 0 Å². The fourth-order valence-electron chi connectivity index (χ4n) is 6.09. The number of rotatable bonds is 37. The molecular formula is C36H76NO4P. The monoisotopic (exact) mass is 618 g/mol. The maximum Gasteiger partial charge on any atom is 0.469 e. The summed E-state index contributed by atoms with van der Waals surface area (Å²) in [6.45, 7) is 1.03. The van der Waals surface area contributed by atoms with Crippen LogP contribution in [0.5, 0.6) is 0 Å². The maximum atomic E-state index is 10.6. The van der Waals surface area contributed by atoms with E-state index in [2.05, 4.69) is 4.52 Å². The lowest BCUT2D eigenvalue weighted by Crippen LogP contribution is -1.97. The molecule has 0 aromatic carbocycles. The predicted molar refractivity (Wildman–Crippen MR) is 184 cm³/mol. The third kappa shape index (κ3) is 40.1. The summed E-state index contributed by atoms with van der Waals surface area (Å²) in [6.07, 6.45) is 46.7. The molecule has 0 unspecified atom stereocenters. The van der Waals surface area contributed by atoms with Gasteiger partial charge in [0.15, 0.2) is 0 Å². The molecule has 4 N–H and O–H groups in total. The molecule has 0 bridgehead atoms. The van der Waals surface area contributed by atoms with Crippen LogP contribution in [0.1, 0.15) is 218 Å². The molecule has 0 heterocycles. The zero-order valence-electron chi connectivity index (χ0n) is 28.2. The minimum absolute atomic E-state index is 0.169. The number of phosphoric acid groups is 1. The van der Waals surface area contributed by atoms with Crippen molar-refractivity contribution in [2.75, 3.05) is 13.2 Å². The fourth-order valence-corrected chi connectivity index (χ4v) is 6.45. The second-order valence-corrected chi connectivity index (χ2v) is 14.4. The summed E-state index contributed by atoms with van der Waals surface area (Å²) in [5, 5.41) is 0. The number of hydrogen-bond donors (Lipinski definition) is 3. The van der Waals surface area contributed by atoms with E-state index in [1.54, 1.807) is 0 Å². The van der Waals surface area contributed by atoms with E-state index in [0.717, 1.165) is 25.8 Å². The molecule has 0 saturated carbocycles. The van der Waals surface area contributed by atoms with Crippen molar-refractivity contribution in [2.24, 2.45) is 5.73 Å². The van der Waals surface area contributed by atoms with Crippen molar-refractivity contribution in [3.05, 3.63) is 0 Å². The van der Waals surface area contributed by atoms with Crippen LogP contribution in [0.2, 0.25) is 0 Å². The summed E-state index contributed by atoms with van der Waals surface area (Å²) in [6, 6.07) is 0. The van der Waals surface area contributed by atoms with Crippen LogP contribution in [-0.4, -0.2) is 22.9 Å². The van der Waals surface area contributed by atoms with Crippen molar-refractivity contribution in [3.63, 3.8) is 0 Å². The normalized spacial score (nSPS) is 12.0. The molecule has 0 aromatic rings. The van der Waals surface area contributed by atoms with Crippen molar-refractivity contribution in [1.82, 2.24) is 0 Å². The molecule has 0 atom stereocenters. The van der Waals surface area contributed by atoms with Crippen molar-refractivity contribution in [1.29, 1.82) is 0 Å². The average Bonchev–Trinajstić information content (AvgIpc) is 2.96. The van der Waals surface area contributed by atoms with Crippen molar-refractivity contribution < 1.29 is 18.9 Å². The van der Waals surface area contributed by atoms with Gasteiger partial charge < -0.3 is 15.5 Å². The Labute approximate surface area is 263 Å². The molecule has 0 aromatic heterocycles. The molecule has 0 aliphatic carbocycles. The lowest BCUT2D eigenvalue weighted by atomic mass is 10.0. The summed E-state index contributed by atoms with van der Waals surface area (Å²) in [4.78, 5) is 17.3. The highest BCUT2D eigenvalue weighted by atomic mass is 31.2. The van der Waals surface area contributed by atoms with Gasteiger partial charge in [0.05, 0.1) is 6.61 Å². The molecule has 6 heteroatoms. The molecule has 42 heavy (non-hydrogen) atoms. The van der Waals surface area contributed by atoms with E-state index in [1.807, 2.05) is 0 Å². The predicted octanol–water partition coefficient (Wildman–Crippen LogP) is 12.3. The molecule has 0 aliphatic rings. The van der Waals surface area contributed by atoms with Gasteiger partial charge in [0.1, 0.15) is 0 Å². The molecule has 254 valence electrons. The quantitative estimate of drug-likeness (QED) is 0.0476. The Morgan fingerprint density at radius 1 is 0.333 bits per heavy atom. The largest absolute Gasteiger partial charge is 0.469 e. The van der Waals surface area contributed by atoms with Gasteiger partial charge in [-0.15, -0.1) is 0 Å². The van der Waals surface area contributed by atoms with Crippen molar-refractivity contribution in [2.45, 2.75) is 218 Å². The second kappa shape index (κ2) is 35.5. The highest BCUT2D eigenvalue weighted by molar-refractivity contribution is 7.46. The minimum atomic E-state index is -4.27. The number of hydrogen-bond acceptors (Lipinski definition) is 3. The molecule has 0 aliphatic heterocycles. The van der Waals surface area contributed by atoms with Crippen LogP contribution < -0.4 is 5.73 Å². The average molecular weight is 618 g/mol. The Morgan fingerprint density at radius 3 is 0.667 bits per heavy atom. The van der Waals surface area contributed by atoms with Crippen LogP contribution in [-0.2, 0) is 9.09 Å². The van der Waals surface area contributed by atoms with Crippen molar-refractivity contribution >= 4 is 7.82 Å². The third-order valence-corrected chi connectivity index (χ3v) is 9.38. The standard InChI is InChI=1S/C36H76NO4P/c37-35-33-31-29-27-25-23-21-19-17-15-13-11-9-7-5-3-1-2-4-6-8-10-12-14-16-18-20-22-24-26-28-30-32-34-36-41-42(38,39)40/h1-37H2,(H2,38,39,40). The highest BCUT2D eigenvalue weighted by Gasteiger charge is 2.12. The third-order valence-electron chi connectivity index (χ3n) is 8.86. The summed E-state index contributed by atoms with van der Waals surface area (Å²) in [7, 11) is -4.27. The first-order valence-corrected chi connectivity index (χ1v) is 20.5. The summed E-state index contributed by atoms with van der Waals surface area (Å²) < 4.78 is 15.0. The molecule has 0 rings (SSSR count). The van der Waals surface area contributed by atoms with E-state index in [4.69, 9.17) is 15.5 Å². The lowest BCUT2D eigenvalue weighted by Gasteiger charge is -2.05. The fraction of sp³-hybridized carbons (Fsp3) is 1.00. The van der Waals surface area contributed by atoms with Gasteiger partial charge in [-0.1, -0.05) is 205 Å². The first kappa shape index (κ1) is 42.1. The Balaban J connectivity index is 3.05. The molecule has 0 amide bonds. The molecule has 0 fully saturated rings. The van der Waals surface area contributed by atoms with E-state index >= 15 is 0 Å². The zero-order valence-corrected chi connectivity index (χ0v) is 29.1. The van der Waals surface area contributed by atoms with Crippen LogP contribution in [0.25, 0.3) is 0 Å². The Bertz CT molecular complexity index is 542. The second-order valence-electron chi connectivity index (χ2n) is 13.1. The Kier molecular flexibility index (Phi) is 35.6. The lowest BCUT2D eigenvalue weighted by molar-refractivity contribution is 0.193. The summed E-state index contributed by atoms with van der Waals surface area (Å²) in [5.41, 5.74) is 5.54. The topological polar surface area (TPSA) is 92.8 Å².